The van der Waals surface area contributed by atoms with Crippen LogP contribution in [-0.2, 0) is 11.2 Å². The molecular weight excluding hydrogens is 371 g/mol. The van der Waals surface area contributed by atoms with Crippen LogP contribution in [0.15, 0.2) is 36.4 Å². The number of hydrogen-bond donors (Lipinski definition) is 4. The molecule has 0 aliphatic carbocycles. The molecule has 2 aromatic rings. The first-order valence-electron chi connectivity index (χ1n) is 10.0. The highest BCUT2D eigenvalue weighted by Crippen LogP contribution is 2.32. The lowest BCUT2D eigenvalue weighted by molar-refractivity contribution is -0.116. The minimum atomic E-state index is -0.471. The van der Waals surface area contributed by atoms with Crippen molar-refractivity contribution in [2.24, 2.45) is 0 Å². The second-order valence-electron chi connectivity index (χ2n) is 7.91. The van der Waals surface area contributed by atoms with Gasteiger partial charge in [-0.25, -0.2) is 15.2 Å². The van der Waals surface area contributed by atoms with Gasteiger partial charge in [-0.15, -0.1) is 0 Å². The fourth-order valence-corrected chi connectivity index (χ4v) is 4.38. The Morgan fingerprint density at radius 3 is 3.00 bits per heavy atom. The molecule has 3 heterocycles. The van der Waals surface area contributed by atoms with Gasteiger partial charge in [0.2, 0.25) is 5.91 Å². The highest BCUT2D eigenvalue weighted by molar-refractivity contribution is 5.98. The highest BCUT2D eigenvalue weighted by Gasteiger charge is 2.31. The van der Waals surface area contributed by atoms with Crippen molar-refractivity contribution in [2.75, 3.05) is 41.8 Å². The number of nitrogens with one attached hydrogen (secondary N) is 4. The average Bonchev–Trinajstić information content (AvgIpc) is 3.38. The molecule has 2 saturated heterocycles. The normalized spacial score (nSPS) is 23.4. The smallest absolute Gasteiger partial charge is 0.247 e. The van der Waals surface area contributed by atoms with Gasteiger partial charge in [-0.05, 0) is 36.8 Å². The van der Waals surface area contributed by atoms with Crippen molar-refractivity contribution in [3.8, 4) is 0 Å². The average molecular weight is 396 g/mol. The van der Waals surface area contributed by atoms with Crippen molar-refractivity contribution < 1.29 is 9.18 Å². The third-order valence-corrected chi connectivity index (χ3v) is 6.03. The van der Waals surface area contributed by atoms with E-state index in [1.807, 2.05) is 25.1 Å². The molecule has 3 aliphatic rings. The van der Waals surface area contributed by atoms with E-state index in [1.54, 1.807) is 6.07 Å². The third-order valence-electron chi connectivity index (χ3n) is 6.03. The minimum absolute atomic E-state index is 0.149. The summed E-state index contributed by atoms with van der Waals surface area (Å²) in [5.74, 6) is -0.409. The van der Waals surface area contributed by atoms with Crippen LogP contribution >= 0.6 is 0 Å². The second-order valence-corrected chi connectivity index (χ2v) is 7.91. The quantitative estimate of drug-likeness (QED) is 0.632. The summed E-state index contributed by atoms with van der Waals surface area (Å²) in [7, 11) is 0. The first-order valence-corrected chi connectivity index (χ1v) is 10.0. The van der Waals surface area contributed by atoms with Crippen molar-refractivity contribution >= 4 is 23.0 Å². The van der Waals surface area contributed by atoms with Gasteiger partial charge in [0.05, 0.1) is 12.8 Å². The zero-order chi connectivity index (χ0) is 20.0. The van der Waals surface area contributed by atoms with Crippen LogP contribution in [0.25, 0.3) is 0 Å². The summed E-state index contributed by atoms with van der Waals surface area (Å²) in [6.45, 7) is 5.59. The molecule has 2 unspecified atom stereocenters. The van der Waals surface area contributed by atoms with E-state index in [4.69, 9.17) is 0 Å². The van der Waals surface area contributed by atoms with Gasteiger partial charge in [0.15, 0.2) is 0 Å². The van der Waals surface area contributed by atoms with Gasteiger partial charge < -0.3 is 15.5 Å². The SMILES string of the molecule is Cc1ccc(F)c2c1NC(C(=O)Nc1cccc(N3CCN4CNNC4C3)c1)C2. The number of hydrogen-bond acceptors (Lipinski definition) is 6. The second kappa shape index (κ2) is 7.29. The summed E-state index contributed by atoms with van der Waals surface area (Å²) in [6, 6.07) is 10.6. The van der Waals surface area contributed by atoms with E-state index in [2.05, 4.69) is 37.4 Å². The number of carbonyl (C=O) groups excluding carboxylic acids is 1. The standard InChI is InChI=1S/C21H25FN6O/c1-13-5-6-17(22)16-10-18(25-20(13)16)21(29)24-14-3-2-4-15(9-14)27-7-8-28-12-23-26-19(28)11-27/h2-6,9,18-19,23,25-26H,7-8,10-12H2,1H3,(H,24,29). The van der Waals surface area contributed by atoms with E-state index >= 15 is 0 Å². The number of fused-ring (bicyclic) bond motifs is 2. The third kappa shape index (κ3) is 3.43. The molecule has 0 saturated carbocycles. The van der Waals surface area contributed by atoms with E-state index < -0.39 is 6.04 Å². The topological polar surface area (TPSA) is 71.7 Å². The van der Waals surface area contributed by atoms with E-state index in [1.165, 1.54) is 6.07 Å². The predicted octanol–water partition coefficient (Wildman–Crippen LogP) is 1.62. The Balaban J connectivity index is 1.27. The zero-order valence-electron chi connectivity index (χ0n) is 16.3. The van der Waals surface area contributed by atoms with Crippen LogP contribution in [0.3, 0.4) is 0 Å². The number of aryl methyl sites for hydroxylation is 1. The van der Waals surface area contributed by atoms with E-state index in [-0.39, 0.29) is 11.7 Å². The van der Waals surface area contributed by atoms with Crippen LogP contribution in [0.5, 0.6) is 0 Å². The molecule has 2 fully saturated rings. The van der Waals surface area contributed by atoms with Gasteiger partial charge in [0.25, 0.3) is 0 Å². The largest absolute Gasteiger partial charge is 0.373 e. The predicted molar refractivity (Wildman–Crippen MR) is 111 cm³/mol. The lowest BCUT2D eigenvalue weighted by Gasteiger charge is -2.37. The fourth-order valence-electron chi connectivity index (χ4n) is 4.38. The van der Waals surface area contributed by atoms with Crippen LogP contribution in [0, 0.1) is 12.7 Å². The summed E-state index contributed by atoms with van der Waals surface area (Å²) < 4.78 is 14.1. The van der Waals surface area contributed by atoms with Crippen LogP contribution in [0.2, 0.25) is 0 Å². The summed E-state index contributed by atoms with van der Waals surface area (Å²) >= 11 is 0. The number of anilines is 3. The number of piperazine rings is 1. The molecule has 2 atom stereocenters. The van der Waals surface area contributed by atoms with Gasteiger partial charge >= 0.3 is 0 Å². The molecule has 4 N–H and O–H groups in total. The van der Waals surface area contributed by atoms with Gasteiger partial charge in [-0.2, -0.15) is 0 Å². The van der Waals surface area contributed by atoms with Gasteiger partial charge in [-0.3, -0.25) is 9.69 Å². The molecule has 152 valence electrons. The number of nitrogens with zero attached hydrogens (tertiary/aromatic N) is 2. The number of halogens is 1. The van der Waals surface area contributed by atoms with Crippen LogP contribution in [0.1, 0.15) is 11.1 Å². The molecule has 0 spiro atoms. The number of benzene rings is 2. The van der Waals surface area contributed by atoms with Crippen LogP contribution in [0.4, 0.5) is 21.5 Å². The Bertz CT molecular complexity index is 920. The van der Waals surface area contributed by atoms with Crippen molar-refractivity contribution in [1.29, 1.82) is 0 Å². The number of hydrazine groups is 1. The summed E-state index contributed by atoms with van der Waals surface area (Å²) in [6.07, 6.45) is 0.651. The van der Waals surface area contributed by atoms with Crippen molar-refractivity contribution in [3.63, 3.8) is 0 Å². The number of rotatable bonds is 3. The summed E-state index contributed by atoms with van der Waals surface area (Å²) in [5, 5.41) is 6.18. The lowest BCUT2D eigenvalue weighted by atomic mass is 10.1. The molecule has 1 amide bonds. The summed E-state index contributed by atoms with van der Waals surface area (Å²) in [4.78, 5) is 17.5. The Morgan fingerprint density at radius 2 is 2.14 bits per heavy atom. The van der Waals surface area contributed by atoms with E-state index in [0.29, 0.717) is 18.2 Å². The molecule has 7 nitrogen and oxygen atoms in total. The first-order chi connectivity index (χ1) is 14.1. The molecule has 0 bridgehead atoms. The van der Waals surface area contributed by atoms with Crippen molar-refractivity contribution in [1.82, 2.24) is 15.8 Å². The van der Waals surface area contributed by atoms with Crippen LogP contribution in [-0.4, -0.2) is 49.3 Å². The first kappa shape index (κ1) is 18.4. The van der Waals surface area contributed by atoms with Gasteiger partial charge in [0.1, 0.15) is 11.9 Å². The Morgan fingerprint density at radius 1 is 1.24 bits per heavy atom. The number of carbonyl (C=O) groups is 1. The molecule has 29 heavy (non-hydrogen) atoms. The Hall–Kier alpha value is -2.68. The van der Waals surface area contributed by atoms with Crippen molar-refractivity contribution in [2.45, 2.75) is 25.6 Å². The van der Waals surface area contributed by atoms with E-state index in [0.717, 1.165) is 48.9 Å². The Kier molecular flexibility index (Phi) is 4.61. The maximum atomic E-state index is 14.1. The Labute approximate surface area is 169 Å². The van der Waals surface area contributed by atoms with Crippen LogP contribution < -0.4 is 26.4 Å². The molecule has 3 aliphatic heterocycles. The van der Waals surface area contributed by atoms with Crippen molar-refractivity contribution in [3.05, 3.63) is 53.3 Å². The van der Waals surface area contributed by atoms with Gasteiger partial charge in [0, 0.05) is 48.7 Å². The number of amides is 1. The highest BCUT2D eigenvalue weighted by atomic mass is 19.1. The molecule has 8 heteroatoms. The molecule has 2 aromatic carbocycles. The zero-order valence-corrected chi connectivity index (χ0v) is 16.3. The fraction of sp³-hybridized carbons (Fsp3) is 0.381. The lowest BCUT2D eigenvalue weighted by Crippen LogP contribution is -2.54. The summed E-state index contributed by atoms with van der Waals surface area (Å²) in [5.41, 5.74) is 10.6. The molecule has 0 aromatic heterocycles. The molecule has 0 radical (unpaired) electrons. The maximum Gasteiger partial charge on any atom is 0.247 e. The minimum Gasteiger partial charge on any atom is -0.373 e. The maximum absolute atomic E-state index is 14.1. The molecule has 5 rings (SSSR count). The van der Waals surface area contributed by atoms with Gasteiger partial charge in [-0.1, -0.05) is 12.1 Å². The van der Waals surface area contributed by atoms with E-state index in [9.17, 15) is 9.18 Å². The molecular formula is C21H25FN6O. The monoisotopic (exact) mass is 396 g/mol.